The molecule has 0 saturated carbocycles. The van der Waals surface area contributed by atoms with Crippen molar-refractivity contribution in [3.8, 4) is 11.5 Å². The van der Waals surface area contributed by atoms with E-state index in [0.717, 1.165) is 32.9 Å². The largest absolute Gasteiger partial charge is 0.497 e. The summed E-state index contributed by atoms with van der Waals surface area (Å²) in [5.74, 6) is 1.25. The number of hydrogen-bond donors (Lipinski definition) is 0. The van der Waals surface area contributed by atoms with Gasteiger partial charge in [-0.2, -0.15) is 0 Å². The van der Waals surface area contributed by atoms with Crippen LogP contribution in [0, 0.1) is 13.8 Å². The van der Waals surface area contributed by atoms with Crippen LogP contribution < -0.4 is 9.47 Å². The molecule has 0 spiro atoms. The number of benzene rings is 1. The Balaban J connectivity index is 1.93. The number of ether oxygens (including phenoxy) is 2. The summed E-state index contributed by atoms with van der Waals surface area (Å²) in [5.41, 5.74) is 4.20. The number of methoxy groups -OCH3 is 2. The minimum atomic E-state index is -0.158. The molecule has 0 aliphatic carbocycles. The lowest BCUT2D eigenvalue weighted by atomic mass is 10.1. The molecule has 0 fully saturated rings. The number of pyridine rings is 1. The minimum absolute atomic E-state index is 0.158. The number of aryl methyl sites for hydroxylation is 1. The number of hydrogen-bond acceptors (Lipinski definition) is 6. The summed E-state index contributed by atoms with van der Waals surface area (Å²) in [4.78, 5) is 22.9. The Bertz CT molecular complexity index is 1160. The fourth-order valence-corrected chi connectivity index (χ4v) is 4.06. The number of thiazole rings is 1. The highest BCUT2D eigenvalue weighted by molar-refractivity contribution is 7.15. The Morgan fingerprint density at radius 1 is 1.19 bits per heavy atom. The third-order valence-electron chi connectivity index (χ3n) is 4.44. The maximum absolute atomic E-state index is 13.2. The number of carbonyl (C=O) groups excluding carboxylic acids is 1. The summed E-state index contributed by atoms with van der Waals surface area (Å²) >= 11 is 1.43. The number of carbonyl (C=O) groups is 1. The standard InChI is InChI=1S/C19H17N3O3S/c1-10-8-20-16(11(2)18(10)25-4)17(23)15-9-26-19-21-13-6-5-12(24-3)7-14(13)22(15)19/h5-9H,1-4H3. The van der Waals surface area contributed by atoms with E-state index in [4.69, 9.17) is 9.47 Å². The summed E-state index contributed by atoms with van der Waals surface area (Å²) < 4.78 is 12.6. The predicted molar refractivity (Wildman–Crippen MR) is 101 cm³/mol. The number of aromatic nitrogens is 3. The second-order valence-electron chi connectivity index (χ2n) is 5.98. The quantitative estimate of drug-likeness (QED) is 0.513. The highest BCUT2D eigenvalue weighted by Gasteiger charge is 2.22. The van der Waals surface area contributed by atoms with E-state index in [1.165, 1.54) is 11.3 Å². The van der Waals surface area contributed by atoms with Crippen molar-refractivity contribution in [2.45, 2.75) is 13.8 Å². The van der Waals surface area contributed by atoms with Crippen molar-refractivity contribution >= 4 is 33.1 Å². The van der Waals surface area contributed by atoms with Crippen molar-refractivity contribution in [1.82, 2.24) is 14.4 Å². The normalized spacial score (nSPS) is 11.2. The Morgan fingerprint density at radius 3 is 2.73 bits per heavy atom. The lowest BCUT2D eigenvalue weighted by Crippen LogP contribution is -2.10. The molecule has 7 heteroatoms. The first-order chi connectivity index (χ1) is 12.5. The van der Waals surface area contributed by atoms with Crippen molar-refractivity contribution in [3.63, 3.8) is 0 Å². The molecule has 0 bridgehead atoms. The van der Waals surface area contributed by atoms with Crippen molar-refractivity contribution < 1.29 is 14.3 Å². The van der Waals surface area contributed by atoms with Gasteiger partial charge < -0.3 is 9.47 Å². The van der Waals surface area contributed by atoms with E-state index in [0.29, 0.717) is 17.1 Å². The third kappa shape index (κ3) is 2.35. The maximum Gasteiger partial charge on any atom is 0.229 e. The SMILES string of the molecule is COc1ccc2nc3scc(C(=O)c4ncc(C)c(OC)c4C)n3c2c1. The summed E-state index contributed by atoms with van der Waals surface area (Å²) in [7, 11) is 3.22. The first kappa shape index (κ1) is 16.5. The second-order valence-corrected chi connectivity index (χ2v) is 6.82. The highest BCUT2D eigenvalue weighted by Crippen LogP contribution is 2.30. The summed E-state index contributed by atoms with van der Waals surface area (Å²) in [6.45, 7) is 3.76. The van der Waals surface area contributed by atoms with Crippen LogP contribution in [-0.4, -0.2) is 34.4 Å². The lowest BCUT2D eigenvalue weighted by Gasteiger charge is -2.11. The highest BCUT2D eigenvalue weighted by atomic mass is 32.1. The van der Waals surface area contributed by atoms with Gasteiger partial charge in [-0.05, 0) is 26.0 Å². The molecule has 1 aromatic carbocycles. The molecule has 3 heterocycles. The van der Waals surface area contributed by atoms with Gasteiger partial charge in [0.05, 0.1) is 25.3 Å². The lowest BCUT2D eigenvalue weighted by molar-refractivity contribution is 0.102. The first-order valence-electron chi connectivity index (χ1n) is 8.03. The van der Waals surface area contributed by atoms with Gasteiger partial charge in [0.1, 0.15) is 22.9 Å². The van der Waals surface area contributed by atoms with Gasteiger partial charge in [-0.25, -0.2) is 4.98 Å². The summed E-state index contributed by atoms with van der Waals surface area (Å²) in [6.07, 6.45) is 1.66. The number of nitrogens with zero attached hydrogens (tertiary/aromatic N) is 3. The van der Waals surface area contributed by atoms with Gasteiger partial charge in [-0.3, -0.25) is 14.2 Å². The van der Waals surface area contributed by atoms with Crippen LogP contribution in [0.25, 0.3) is 16.0 Å². The van der Waals surface area contributed by atoms with E-state index in [1.807, 2.05) is 41.8 Å². The molecule has 0 aliphatic heterocycles. The van der Waals surface area contributed by atoms with Gasteiger partial charge in [0, 0.05) is 28.8 Å². The van der Waals surface area contributed by atoms with Crippen LogP contribution >= 0.6 is 11.3 Å². The third-order valence-corrected chi connectivity index (χ3v) is 5.27. The van der Waals surface area contributed by atoms with Gasteiger partial charge in [0.2, 0.25) is 5.78 Å². The van der Waals surface area contributed by atoms with Crippen LogP contribution in [0.2, 0.25) is 0 Å². The Morgan fingerprint density at radius 2 is 2.00 bits per heavy atom. The van der Waals surface area contributed by atoms with Crippen LogP contribution in [0.15, 0.2) is 29.8 Å². The number of ketones is 1. The molecule has 0 atom stereocenters. The van der Waals surface area contributed by atoms with Crippen molar-refractivity contribution in [2.75, 3.05) is 14.2 Å². The molecular formula is C19H17N3O3S. The molecule has 0 radical (unpaired) electrons. The van der Waals surface area contributed by atoms with Gasteiger partial charge >= 0.3 is 0 Å². The molecule has 26 heavy (non-hydrogen) atoms. The van der Waals surface area contributed by atoms with Crippen LogP contribution in [-0.2, 0) is 0 Å². The molecule has 0 aliphatic rings. The van der Waals surface area contributed by atoms with E-state index < -0.39 is 0 Å². The number of rotatable bonds is 4. The zero-order valence-electron chi connectivity index (χ0n) is 14.9. The Hall–Kier alpha value is -2.93. The van der Waals surface area contributed by atoms with Crippen LogP contribution in [0.1, 0.15) is 27.3 Å². The zero-order valence-corrected chi connectivity index (χ0v) is 15.7. The van der Waals surface area contributed by atoms with Crippen LogP contribution in [0.3, 0.4) is 0 Å². The van der Waals surface area contributed by atoms with Gasteiger partial charge in [0.15, 0.2) is 4.96 Å². The summed E-state index contributed by atoms with van der Waals surface area (Å²) in [5, 5.41) is 1.82. The smallest absolute Gasteiger partial charge is 0.229 e. The average Bonchev–Trinajstić information content (AvgIpc) is 3.20. The van der Waals surface area contributed by atoms with Gasteiger partial charge in [0.25, 0.3) is 0 Å². The van der Waals surface area contributed by atoms with E-state index in [1.54, 1.807) is 20.4 Å². The molecule has 0 unspecified atom stereocenters. The molecule has 132 valence electrons. The monoisotopic (exact) mass is 367 g/mol. The zero-order chi connectivity index (χ0) is 18.4. The van der Waals surface area contributed by atoms with E-state index >= 15 is 0 Å². The predicted octanol–water partition coefficient (Wildman–Crippen LogP) is 3.81. The van der Waals surface area contributed by atoms with Crippen LogP contribution in [0.4, 0.5) is 0 Å². The van der Waals surface area contributed by atoms with Crippen molar-refractivity contribution in [3.05, 3.63) is 52.3 Å². The Kier molecular flexibility index (Phi) is 3.88. The van der Waals surface area contributed by atoms with E-state index in [2.05, 4.69) is 9.97 Å². The van der Waals surface area contributed by atoms with Crippen molar-refractivity contribution in [1.29, 1.82) is 0 Å². The summed E-state index contributed by atoms with van der Waals surface area (Å²) in [6, 6.07) is 5.63. The molecule has 6 nitrogen and oxygen atoms in total. The number of imidazole rings is 1. The molecule has 0 saturated heterocycles. The first-order valence-corrected chi connectivity index (χ1v) is 8.91. The number of fused-ring (bicyclic) bond motifs is 3. The Labute approximate surface area is 154 Å². The molecular weight excluding hydrogens is 350 g/mol. The minimum Gasteiger partial charge on any atom is -0.497 e. The molecule has 0 N–H and O–H groups in total. The second kappa shape index (κ2) is 6.10. The fourth-order valence-electron chi connectivity index (χ4n) is 3.17. The van der Waals surface area contributed by atoms with Gasteiger partial charge in [-0.1, -0.05) is 0 Å². The van der Waals surface area contributed by atoms with E-state index in [9.17, 15) is 4.79 Å². The van der Waals surface area contributed by atoms with E-state index in [-0.39, 0.29) is 5.78 Å². The average molecular weight is 367 g/mol. The van der Waals surface area contributed by atoms with Gasteiger partial charge in [-0.15, -0.1) is 11.3 Å². The molecule has 3 aromatic heterocycles. The maximum atomic E-state index is 13.2. The van der Waals surface area contributed by atoms with Crippen LogP contribution in [0.5, 0.6) is 11.5 Å². The molecule has 0 amide bonds. The molecule has 4 rings (SSSR count). The fraction of sp³-hybridized carbons (Fsp3) is 0.211. The molecule has 4 aromatic rings. The van der Waals surface area contributed by atoms with Crippen molar-refractivity contribution in [2.24, 2.45) is 0 Å². The topological polar surface area (TPSA) is 65.7 Å².